The largest absolute Gasteiger partial charge is 0.388 e. The van der Waals surface area contributed by atoms with Gasteiger partial charge in [-0.1, -0.05) is 18.2 Å². The Morgan fingerprint density at radius 2 is 1.79 bits per heavy atom. The molecule has 0 spiro atoms. The molecule has 1 heterocycles. The third kappa shape index (κ3) is 2.98. The van der Waals surface area contributed by atoms with E-state index in [-0.39, 0.29) is 28.2 Å². The van der Waals surface area contributed by atoms with Crippen LogP contribution in [0, 0.1) is 10.1 Å². The molecule has 1 aromatic rings. The molecular formula is C17H18N2O5. The normalized spacial score (nSPS) is 17.6. The van der Waals surface area contributed by atoms with E-state index in [0.717, 1.165) is 0 Å². The van der Waals surface area contributed by atoms with Crippen molar-refractivity contribution >= 4 is 17.3 Å². The van der Waals surface area contributed by atoms with Crippen LogP contribution < -0.4 is 5.32 Å². The van der Waals surface area contributed by atoms with E-state index in [4.69, 9.17) is 0 Å². The number of hydrogen-bond donors (Lipinski definition) is 2. The lowest BCUT2D eigenvalue weighted by Crippen LogP contribution is -2.31. The molecule has 24 heavy (non-hydrogen) atoms. The van der Waals surface area contributed by atoms with Crippen molar-refractivity contribution in [2.45, 2.75) is 26.7 Å². The van der Waals surface area contributed by atoms with Gasteiger partial charge in [-0.25, -0.2) is 0 Å². The summed E-state index contributed by atoms with van der Waals surface area (Å²) in [6, 6.07) is 6.01. The van der Waals surface area contributed by atoms with Crippen LogP contribution in [0.15, 0.2) is 46.8 Å². The van der Waals surface area contributed by atoms with E-state index in [2.05, 4.69) is 5.32 Å². The number of benzene rings is 1. The minimum atomic E-state index is -0.884. The monoisotopic (exact) mass is 330 g/mol. The number of hydrogen-bond acceptors (Lipinski definition) is 6. The number of carbonyl (C=O) groups is 2. The van der Waals surface area contributed by atoms with Crippen molar-refractivity contribution in [2.75, 3.05) is 6.61 Å². The van der Waals surface area contributed by atoms with Crippen molar-refractivity contribution in [3.8, 4) is 0 Å². The molecule has 0 aromatic heterocycles. The zero-order valence-corrected chi connectivity index (χ0v) is 13.6. The van der Waals surface area contributed by atoms with Gasteiger partial charge in [0, 0.05) is 34.2 Å². The molecule has 2 rings (SSSR count). The number of carbonyl (C=O) groups excluding carboxylic acids is 2. The summed E-state index contributed by atoms with van der Waals surface area (Å²) in [5, 5.41) is 23.6. The number of para-hydroxylation sites is 1. The highest BCUT2D eigenvalue weighted by molar-refractivity contribution is 6.05. The van der Waals surface area contributed by atoms with Gasteiger partial charge in [-0.3, -0.25) is 19.7 Å². The van der Waals surface area contributed by atoms with Crippen molar-refractivity contribution in [2.24, 2.45) is 0 Å². The second-order valence-corrected chi connectivity index (χ2v) is 5.59. The number of ketones is 2. The van der Waals surface area contributed by atoms with Crippen LogP contribution in [-0.2, 0) is 9.59 Å². The molecule has 2 N–H and O–H groups in total. The molecule has 0 bridgehead atoms. The Kier molecular flexibility index (Phi) is 4.94. The third-order valence-electron chi connectivity index (χ3n) is 4.03. The lowest BCUT2D eigenvalue weighted by atomic mass is 9.77. The van der Waals surface area contributed by atoms with Crippen LogP contribution >= 0.6 is 0 Å². The summed E-state index contributed by atoms with van der Waals surface area (Å²) < 4.78 is 0. The molecule has 7 heteroatoms. The lowest BCUT2D eigenvalue weighted by molar-refractivity contribution is -0.385. The molecule has 1 aliphatic heterocycles. The molecule has 1 unspecified atom stereocenters. The number of Topliss-reactive ketones (excluding diaryl/α,β-unsaturated/α-hetero) is 2. The molecule has 1 aliphatic rings. The first-order valence-electron chi connectivity index (χ1n) is 7.36. The SMILES string of the molecule is CC(=O)C1=C(C)NC(C)=C(C(=O)CO)C1c1ccccc1[N+](=O)[O-]. The Hall–Kier alpha value is -2.80. The van der Waals surface area contributed by atoms with Gasteiger partial charge < -0.3 is 10.4 Å². The molecule has 7 nitrogen and oxygen atoms in total. The first kappa shape index (κ1) is 17.6. The predicted octanol–water partition coefficient (Wildman–Crippen LogP) is 1.98. The Labute approximate surface area is 138 Å². The lowest BCUT2D eigenvalue weighted by Gasteiger charge is -2.30. The van der Waals surface area contributed by atoms with Crippen LogP contribution in [0.3, 0.4) is 0 Å². The molecule has 0 amide bonds. The summed E-state index contributed by atoms with van der Waals surface area (Å²) in [5.74, 6) is -1.75. The smallest absolute Gasteiger partial charge is 0.273 e. The molecule has 1 aromatic carbocycles. The molecule has 0 saturated carbocycles. The summed E-state index contributed by atoms with van der Waals surface area (Å²) in [6.45, 7) is 3.94. The summed E-state index contributed by atoms with van der Waals surface area (Å²) in [4.78, 5) is 35.3. The van der Waals surface area contributed by atoms with Gasteiger partial charge in [0.25, 0.3) is 5.69 Å². The first-order valence-corrected chi connectivity index (χ1v) is 7.36. The van der Waals surface area contributed by atoms with E-state index in [0.29, 0.717) is 11.4 Å². The number of allylic oxidation sites excluding steroid dienone is 3. The standard InChI is InChI=1S/C17H18N2O5/c1-9-15(11(3)21)17(16(10(2)18-9)14(22)8-20)12-6-4-5-7-13(12)19(23)24/h4-7,17-18,20H,8H2,1-3H3. The van der Waals surface area contributed by atoms with E-state index in [1.54, 1.807) is 19.9 Å². The second-order valence-electron chi connectivity index (χ2n) is 5.59. The predicted molar refractivity (Wildman–Crippen MR) is 87.1 cm³/mol. The molecule has 126 valence electrons. The zero-order chi connectivity index (χ0) is 18.0. The molecule has 0 fully saturated rings. The number of nitrogens with one attached hydrogen (secondary N) is 1. The summed E-state index contributed by atoms with van der Waals surface area (Å²) in [5.41, 5.74) is 1.54. The van der Waals surface area contributed by atoms with Crippen LogP contribution in [0.4, 0.5) is 5.69 Å². The number of aliphatic hydroxyl groups excluding tert-OH is 1. The molecular weight excluding hydrogens is 312 g/mol. The number of nitro groups is 1. The topological polar surface area (TPSA) is 110 Å². The highest BCUT2D eigenvalue weighted by Crippen LogP contribution is 2.42. The van der Waals surface area contributed by atoms with Gasteiger partial charge in [0.05, 0.1) is 10.8 Å². The van der Waals surface area contributed by atoms with Crippen LogP contribution in [-0.4, -0.2) is 28.2 Å². The van der Waals surface area contributed by atoms with E-state index in [1.165, 1.54) is 25.1 Å². The van der Waals surface area contributed by atoms with Crippen molar-refractivity contribution in [3.63, 3.8) is 0 Å². The van der Waals surface area contributed by atoms with Gasteiger partial charge in [0.2, 0.25) is 0 Å². The molecule has 1 atom stereocenters. The Morgan fingerprint density at radius 1 is 1.21 bits per heavy atom. The van der Waals surface area contributed by atoms with Gasteiger partial charge in [-0.15, -0.1) is 0 Å². The van der Waals surface area contributed by atoms with Crippen molar-refractivity contribution in [1.82, 2.24) is 5.32 Å². The number of nitro benzene ring substituents is 1. The minimum Gasteiger partial charge on any atom is -0.388 e. The summed E-state index contributed by atoms with van der Waals surface area (Å²) >= 11 is 0. The Balaban J connectivity index is 2.80. The average Bonchev–Trinajstić information content (AvgIpc) is 2.52. The van der Waals surface area contributed by atoms with Crippen molar-refractivity contribution in [3.05, 3.63) is 62.5 Å². The van der Waals surface area contributed by atoms with E-state index < -0.39 is 23.2 Å². The van der Waals surface area contributed by atoms with Crippen LogP contribution in [0.5, 0.6) is 0 Å². The number of nitrogens with zero attached hydrogens (tertiary/aromatic N) is 1. The van der Waals surface area contributed by atoms with Crippen molar-refractivity contribution < 1.29 is 19.6 Å². The maximum absolute atomic E-state index is 12.3. The van der Waals surface area contributed by atoms with E-state index in [9.17, 15) is 24.8 Å². The summed E-state index contributed by atoms with van der Waals surface area (Å²) in [7, 11) is 0. The second kappa shape index (κ2) is 6.76. The molecule has 0 radical (unpaired) electrons. The maximum atomic E-state index is 12.3. The van der Waals surface area contributed by atoms with Crippen LogP contribution in [0.2, 0.25) is 0 Å². The highest BCUT2D eigenvalue weighted by Gasteiger charge is 2.37. The molecule has 0 aliphatic carbocycles. The maximum Gasteiger partial charge on any atom is 0.273 e. The van der Waals surface area contributed by atoms with Crippen LogP contribution in [0.1, 0.15) is 32.3 Å². The zero-order valence-electron chi connectivity index (χ0n) is 13.6. The van der Waals surface area contributed by atoms with Gasteiger partial charge in [-0.05, 0) is 20.8 Å². The Bertz CT molecular complexity index is 792. The van der Waals surface area contributed by atoms with Gasteiger partial charge >= 0.3 is 0 Å². The Morgan fingerprint density at radius 3 is 2.33 bits per heavy atom. The van der Waals surface area contributed by atoms with Gasteiger partial charge in [-0.2, -0.15) is 0 Å². The van der Waals surface area contributed by atoms with Crippen molar-refractivity contribution in [1.29, 1.82) is 0 Å². The fourth-order valence-corrected chi connectivity index (χ4v) is 3.12. The average molecular weight is 330 g/mol. The quantitative estimate of drug-likeness (QED) is 0.631. The van der Waals surface area contributed by atoms with E-state index in [1.807, 2.05) is 0 Å². The number of rotatable bonds is 5. The summed E-state index contributed by atoms with van der Waals surface area (Å²) in [6.07, 6.45) is 0. The molecule has 0 saturated heterocycles. The minimum absolute atomic E-state index is 0.169. The third-order valence-corrected chi connectivity index (χ3v) is 4.03. The number of aliphatic hydroxyl groups is 1. The fraction of sp³-hybridized carbons (Fsp3) is 0.294. The first-order chi connectivity index (χ1) is 11.3. The fourth-order valence-electron chi connectivity index (χ4n) is 3.12. The number of dihydropyridines is 1. The van der Waals surface area contributed by atoms with Crippen LogP contribution in [0.25, 0.3) is 0 Å². The highest BCUT2D eigenvalue weighted by atomic mass is 16.6. The van der Waals surface area contributed by atoms with E-state index >= 15 is 0 Å². The van der Waals surface area contributed by atoms with Gasteiger partial charge in [0.15, 0.2) is 11.6 Å². The van der Waals surface area contributed by atoms with Gasteiger partial charge in [0.1, 0.15) is 6.61 Å².